The Balaban J connectivity index is 5.51. The Morgan fingerprint density at radius 1 is 0.739 bits per heavy atom. The molecule has 8 nitrogen and oxygen atoms in total. The highest BCUT2D eigenvalue weighted by atomic mass is 32.2. The first-order chi connectivity index (χ1) is 10.5. The lowest BCUT2D eigenvalue weighted by Gasteiger charge is -2.32. The molecule has 0 aliphatic carbocycles. The Morgan fingerprint density at radius 3 is 1.52 bits per heavy atom. The van der Waals surface area contributed by atoms with Crippen LogP contribution < -0.4 is 0 Å². The first kappa shape index (κ1) is 21.6. The smallest absolute Gasteiger partial charge is 0.303 e. The van der Waals surface area contributed by atoms with Crippen molar-refractivity contribution in [2.24, 2.45) is 0 Å². The van der Waals surface area contributed by atoms with Crippen molar-refractivity contribution in [2.75, 3.05) is 6.61 Å². The molecule has 0 N–H and O–H groups in total. The van der Waals surface area contributed by atoms with Crippen LogP contribution in [0.25, 0.3) is 0 Å². The Hall–Kier alpha value is -1.42. The summed E-state index contributed by atoms with van der Waals surface area (Å²) in [7, 11) is 0. The minimum absolute atomic E-state index is 0.390. The van der Waals surface area contributed by atoms with Crippen molar-refractivity contribution in [3.05, 3.63) is 0 Å². The lowest BCUT2D eigenvalue weighted by molar-refractivity contribution is -0.187. The van der Waals surface area contributed by atoms with Crippen LogP contribution in [0.2, 0.25) is 0 Å². The summed E-state index contributed by atoms with van der Waals surface area (Å²) in [5.74, 6) is -2.71. The minimum Gasteiger partial charge on any atom is -0.462 e. The van der Waals surface area contributed by atoms with Gasteiger partial charge >= 0.3 is 23.9 Å². The maximum absolute atomic E-state index is 11.3. The highest BCUT2D eigenvalue weighted by Crippen LogP contribution is 2.22. The quantitative estimate of drug-likeness (QED) is 0.277. The van der Waals surface area contributed by atoms with Crippen LogP contribution in [0.4, 0.5) is 0 Å². The van der Waals surface area contributed by atoms with Crippen molar-refractivity contribution >= 4 is 49.1 Å². The van der Waals surface area contributed by atoms with Gasteiger partial charge in [-0.15, -0.1) is 0 Å². The molecule has 0 aliphatic rings. The summed E-state index contributed by atoms with van der Waals surface area (Å²) in [5, 5.41) is 0. The van der Waals surface area contributed by atoms with Crippen molar-refractivity contribution in [1.29, 1.82) is 0 Å². The third-order valence-corrected chi connectivity index (χ3v) is 2.94. The molecule has 132 valence electrons. The van der Waals surface area contributed by atoms with E-state index in [-0.39, 0.29) is 6.61 Å². The molecule has 0 fully saturated rings. The van der Waals surface area contributed by atoms with Crippen molar-refractivity contribution in [3.8, 4) is 0 Å². The van der Waals surface area contributed by atoms with Gasteiger partial charge in [-0.25, -0.2) is 0 Å². The zero-order valence-corrected chi connectivity index (χ0v) is 15.0. The number of hydrogen-bond acceptors (Lipinski definition) is 10. The first-order valence-electron chi connectivity index (χ1n) is 6.55. The van der Waals surface area contributed by atoms with Gasteiger partial charge in [0.05, 0.1) is 4.58 Å². The Labute approximate surface area is 145 Å². The second-order valence-corrected chi connectivity index (χ2v) is 6.03. The highest BCUT2D eigenvalue weighted by molar-refractivity contribution is 7.99. The van der Waals surface area contributed by atoms with Gasteiger partial charge in [-0.05, 0) is 0 Å². The van der Waals surface area contributed by atoms with E-state index < -0.39 is 46.8 Å². The molecule has 0 bridgehead atoms. The van der Waals surface area contributed by atoms with Crippen molar-refractivity contribution in [3.63, 3.8) is 0 Å². The Morgan fingerprint density at radius 2 is 1.17 bits per heavy atom. The monoisotopic (exact) mass is 368 g/mol. The number of thiol groups is 2. The maximum Gasteiger partial charge on any atom is 0.303 e. The largest absolute Gasteiger partial charge is 0.462 e. The number of ether oxygens (including phenoxy) is 4. The lowest BCUT2D eigenvalue weighted by Crippen LogP contribution is -2.49. The van der Waals surface area contributed by atoms with Gasteiger partial charge in [0.1, 0.15) is 6.61 Å². The summed E-state index contributed by atoms with van der Waals surface area (Å²) >= 11 is 8.14. The molecule has 0 unspecified atom stereocenters. The standard InChI is InChI=1S/C13H20O8S2/c1-6(14)18-5-10(19-7(2)15)11(20-8(3)16)12(13(22)23)21-9(4)17/h10-13,22-23H,5H2,1-4H3/t10-,11+,12+/m1/s1. The molecule has 0 spiro atoms. The van der Waals surface area contributed by atoms with Crippen molar-refractivity contribution < 1.29 is 38.1 Å². The van der Waals surface area contributed by atoms with E-state index in [0.717, 1.165) is 27.7 Å². The number of carbonyl (C=O) groups excluding carboxylic acids is 4. The lowest BCUT2D eigenvalue weighted by atomic mass is 10.1. The molecule has 23 heavy (non-hydrogen) atoms. The van der Waals surface area contributed by atoms with Crippen LogP contribution in [-0.4, -0.2) is 53.4 Å². The van der Waals surface area contributed by atoms with Crippen molar-refractivity contribution in [2.45, 2.75) is 50.6 Å². The fourth-order valence-corrected chi connectivity index (χ4v) is 2.10. The summed E-state index contributed by atoms with van der Waals surface area (Å²) in [4.78, 5) is 44.8. The molecule has 0 aromatic carbocycles. The molecule has 3 atom stereocenters. The maximum atomic E-state index is 11.3. The zero-order valence-electron chi connectivity index (χ0n) is 13.2. The van der Waals surface area contributed by atoms with E-state index >= 15 is 0 Å². The van der Waals surface area contributed by atoms with Gasteiger partial charge in [-0.2, -0.15) is 25.3 Å². The molecule has 0 aromatic heterocycles. The predicted octanol–water partition coefficient (Wildman–Crippen LogP) is 0.530. The van der Waals surface area contributed by atoms with Crippen molar-refractivity contribution in [1.82, 2.24) is 0 Å². The van der Waals surface area contributed by atoms with E-state index in [1.54, 1.807) is 0 Å². The van der Waals surface area contributed by atoms with E-state index in [2.05, 4.69) is 25.3 Å². The van der Waals surface area contributed by atoms with Crippen LogP contribution in [0.1, 0.15) is 27.7 Å². The van der Waals surface area contributed by atoms with E-state index in [4.69, 9.17) is 18.9 Å². The predicted molar refractivity (Wildman–Crippen MR) is 85.1 cm³/mol. The molecule has 0 amide bonds. The van der Waals surface area contributed by atoms with Gasteiger partial charge in [0, 0.05) is 27.7 Å². The van der Waals surface area contributed by atoms with Gasteiger partial charge < -0.3 is 18.9 Å². The Kier molecular flexibility index (Phi) is 9.73. The third kappa shape index (κ3) is 9.34. The van der Waals surface area contributed by atoms with Crippen LogP contribution in [0, 0.1) is 0 Å². The van der Waals surface area contributed by atoms with Gasteiger partial charge in [0.2, 0.25) is 0 Å². The van der Waals surface area contributed by atoms with Crippen LogP contribution in [0.5, 0.6) is 0 Å². The van der Waals surface area contributed by atoms with Gasteiger partial charge in [0.15, 0.2) is 18.3 Å². The van der Waals surface area contributed by atoms with E-state index in [0.29, 0.717) is 0 Å². The highest BCUT2D eigenvalue weighted by Gasteiger charge is 2.40. The first-order valence-corrected chi connectivity index (χ1v) is 7.59. The second kappa shape index (κ2) is 10.4. The number of hydrogen-bond donors (Lipinski definition) is 2. The molecular weight excluding hydrogens is 348 g/mol. The fourth-order valence-electron chi connectivity index (χ4n) is 1.64. The Bertz CT molecular complexity index is 451. The molecular formula is C13H20O8S2. The summed E-state index contributed by atoms with van der Waals surface area (Å²) in [6.07, 6.45) is -3.57. The number of esters is 4. The average Bonchev–Trinajstić information content (AvgIpc) is 2.37. The molecule has 0 saturated carbocycles. The molecule has 0 aliphatic heterocycles. The molecule has 0 radical (unpaired) electrons. The summed E-state index contributed by atoms with van der Waals surface area (Å²) in [6, 6.07) is 0. The normalized spacial score (nSPS) is 14.4. The van der Waals surface area contributed by atoms with Crippen LogP contribution >= 0.6 is 25.3 Å². The summed E-state index contributed by atoms with van der Waals surface area (Å²) < 4.78 is 19.1. The van der Waals surface area contributed by atoms with Crippen LogP contribution in [0.3, 0.4) is 0 Å². The van der Waals surface area contributed by atoms with E-state index in [1.807, 2.05) is 0 Å². The number of rotatable bonds is 8. The number of carbonyl (C=O) groups is 4. The van der Waals surface area contributed by atoms with Crippen LogP contribution in [-0.2, 0) is 38.1 Å². The van der Waals surface area contributed by atoms with Crippen LogP contribution in [0.15, 0.2) is 0 Å². The summed E-state index contributed by atoms with van der Waals surface area (Å²) in [5.41, 5.74) is 0. The minimum atomic E-state index is -1.25. The molecule has 0 saturated heterocycles. The average molecular weight is 368 g/mol. The summed E-state index contributed by atoms with van der Waals surface area (Å²) in [6.45, 7) is 4.18. The third-order valence-electron chi connectivity index (χ3n) is 2.36. The van der Waals surface area contributed by atoms with Gasteiger partial charge in [0.25, 0.3) is 0 Å². The SMILES string of the molecule is CC(=O)OC[C@@H](OC(C)=O)[C@H](OC(C)=O)[C@H](OC(C)=O)C(S)S. The fraction of sp³-hybridized carbons (Fsp3) is 0.692. The van der Waals surface area contributed by atoms with Gasteiger partial charge in [-0.3, -0.25) is 19.2 Å². The molecule has 0 aromatic rings. The molecule has 10 heteroatoms. The molecule has 0 heterocycles. The second-order valence-electron chi connectivity index (χ2n) is 4.51. The molecule has 0 rings (SSSR count). The van der Waals surface area contributed by atoms with Gasteiger partial charge in [-0.1, -0.05) is 0 Å². The topological polar surface area (TPSA) is 105 Å². The van der Waals surface area contributed by atoms with E-state index in [1.165, 1.54) is 0 Å². The zero-order chi connectivity index (χ0) is 18.2. The van der Waals surface area contributed by atoms with E-state index in [9.17, 15) is 19.2 Å².